The first-order valence-electron chi connectivity index (χ1n) is 5.93. The standard InChI is InChI=1S/C17H13O2/c1-2-13-19-17(15-11-7-4-8-12-15)16(18)14-9-5-3-6-10-14/h3-12H,1H3. The molecule has 0 aliphatic rings. The van der Waals surface area contributed by atoms with Gasteiger partial charge in [0, 0.05) is 18.1 Å². The Bertz CT molecular complexity index is 591. The summed E-state index contributed by atoms with van der Waals surface area (Å²) in [6.07, 6.45) is 2.74. The Hall–Kier alpha value is -2.53. The lowest BCUT2D eigenvalue weighted by molar-refractivity contribution is 0.0927. The van der Waals surface area contributed by atoms with Gasteiger partial charge in [0.2, 0.25) is 5.78 Å². The number of rotatable bonds is 4. The maximum atomic E-state index is 12.4. The number of ether oxygens (including phenoxy) is 1. The zero-order valence-electron chi connectivity index (χ0n) is 10.6. The highest BCUT2D eigenvalue weighted by atomic mass is 16.5. The molecule has 19 heavy (non-hydrogen) atoms. The molecule has 2 heteroatoms. The summed E-state index contributed by atoms with van der Waals surface area (Å²) < 4.78 is 5.30. The molecule has 2 nitrogen and oxygen atoms in total. The molecule has 0 atom stereocenters. The second-order valence-corrected chi connectivity index (χ2v) is 3.84. The van der Waals surface area contributed by atoms with Crippen LogP contribution in [0.5, 0.6) is 0 Å². The molecular weight excluding hydrogens is 236 g/mol. The molecular formula is C17H13O2. The second kappa shape index (κ2) is 6.42. The van der Waals surface area contributed by atoms with E-state index in [4.69, 9.17) is 4.74 Å². The van der Waals surface area contributed by atoms with Gasteiger partial charge in [-0.25, -0.2) is 0 Å². The summed E-state index contributed by atoms with van der Waals surface area (Å²) in [5, 5.41) is 0. The van der Waals surface area contributed by atoms with E-state index in [1.807, 2.05) is 48.5 Å². The van der Waals surface area contributed by atoms with Crippen LogP contribution in [0.15, 0.2) is 60.7 Å². The minimum Gasteiger partial charge on any atom is -0.421 e. The van der Waals surface area contributed by atoms with Crippen LogP contribution in [-0.4, -0.2) is 5.78 Å². The van der Waals surface area contributed by atoms with E-state index in [-0.39, 0.29) is 11.9 Å². The molecule has 0 spiro atoms. The van der Waals surface area contributed by atoms with Crippen molar-refractivity contribution in [1.82, 2.24) is 0 Å². The minimum absolute atomic E-state index is 0.172. The highest BCUT2D eigenvalue weighted by molar-refractivity contribution is 6.07. The third-order valence-electron chi connectivity index (χ3n) is 2.53. The van der Waals surface area contributed by atoms with Crippen molar-refractivity contribution in [2.75, 3.05) is 0 Å². The summed E-state index contributed by atoms with van der Waals surface area (Å²) >= 11 is 0. The molecule has 0 amide bonds. The van der Waals surface area contributed by atoms with Gasteiger partial charge >= 0.3 is 0 Å². The van der Waals surface area contributed by atoms with Gasteiger partial charge in [0.25, 0.3) is 6.10 Å². The smallest absolute Gasteiger partial charge is 0.260 e. The van der Waals surface area contributed by atoms with Crippen LogP contribution < -0.4 is 0 Å². The van der Waals surface area contributed by atoms with E-state index in [0.717, 1.165) is 5.56 Å². The molecule has 0 saturated carbocycles. The Kier molecular flexibility index (Phi) is 4.36. The van der Waals surface area contributed by atoms with Gasteiger partial charge in [0.1, 0.15) is 6.11 Å². The fraction of sp³-hybridized carbons (Fsp3) is 0.0588. The van der Waals surface area contributed by atoms with Gasteiger partial charge in [0.15, 0.2) is 0 Å². The molecule has 0 fully saturated rings. The summed E-state index contributed by atoms with van der Waals surface area (Å²) in [6.45, 7) is 1.66. The Morgan fingerprint density at radius 2 is 1.42 bits per heavy atom. The maximum Gasteiger partial charge on any atom is 0.260 e. The quantitative estimate of drug-likeness (QED) is 0.613. The number of Topliss-reactive ketones (excluding diaryl/α,β-unsaturated/α-hetero) is 1. The van der Waals surface area contributed by atoms with Crippen molar-refractivity contribution >= 4 is 5.78 Å². The average molecular weight is 249 g/mol. The summed E-state index contributed by atoms with van der Waals surface area (Å²) in [6, 6.07) is 18.3. The third-order valence-corrected chi connectivity index (χ3v) is 2.53. The van der Waals surface area contributed by atoms with Gasteiger partial charge in [-0.15, -0.1) is 0 Å². The van der Waals surface area contributed by atoms with E-state index >= 15 is 0 Å². The second-order valence-electron chi connectivity index (χ2n) is 3.84. The number of benzene rings is 2. The first-order valence-corrected chi connectivity index (χ1v) is 5.93. The summed E-state index contributed by atoms with van der Waals surface area (Å²) in [5.74, 6) is 2.46. The van der Waals surface area contributed by atoms with Crippen LogP contribution in [0.25, 0.3) is 0 Å². The normalized spacial score (nSPS) is 9.58. The molecule has 0 N–H and O–H groups in total. The van der Waals surface area contributed by atoms with E-state index in [1.165, 1.54) is 0 Å². The average Bonchev–Trinajstić information content (AvgIpc) is 2.49. The third kappa shape index (κ3) is 3.23. The van der Waals surface area contributed by atoms with Crippen molar-refractivity contribution in [3.63, 3.8) is 0 Å². The molecule has 2 aromatic carbocycles. The van der Waals surface area contributed by atoms with Gasteiger partial charge in [-0.3, -0.25) is 4.79 Å². The minimum atomic E-state index is -0.172. The molecule has 0 aromatic heterocycles. The zero-order chi connectivity index (χ0) is 13.5. The van der Waals surface area contributed by atoms with Crippen molar-refractivity contribution < 1.29 is 9.53 Å². The van der Waals surface area contributed by atoms with Gasteiger partial charge in [-0.05, 0) is 0 Å². The molecule has 0 bridgehead atoms. The van der Waals surface area contributed by atoms with Crippen LogP contribution >= 0.6 is 0 Å². The van der Waals surface area contributed by atoms with Crippen LogP contribution in [0.3, 0.4) is 0 Å². The molecule has 2 rings (SSSR count). The van der Waals surface area contributed by atoms with E-state index in [9.17, 15) is 4.79 Å². The predicted molar refractivity (Wildman–Crippen MR) is 74.1 cm³/mol. The molecule has 93 valence electrons. The lowest BCUT2D eigenvalue weighted by Gasteiger charge is -2.12. The van der Waals surface area contributed by atoms with Crippen LogP contribution in [-0.2, 0) is 4.74 Å². The number of carbonyl (C=O) groups is 1. The molecule has 0 aliphatic heterocycles. The van der Waals surface area contributed by atoms with Gasteiger partial charge < -0.3 is 4.74 Å². The zero-order valence-corrected chi connectivity index (χ0v) is 10.6. The number of hydrogen-bond donors (Lipinski definition) is 0. The molecule has 0 aliphatic carbocycles. The molecule has 0 heterocycles. The van der Waals surface area contributed by atoms with Crippen LogP contribution in [0, 0.1) is 18.1 Å². The fourth-order valence-electron chi connectivity index (χ4n) is 1.65. The highest BCUT2D eigenvalue weighted by Crippen LogP contribution is 2.20. The number of carbonyl (C=O) groups excluding carboxylic acids is 1. The first-order chi connectivity index (χ1) is 9.33. The number of hydrogen-bond acceptors (Lipinski definition) is 2. The van der Waals surface area contributed by atoms with Crippen molar-refractivity contribution in [3.8, 4) is 12.0 Å². The lowest BCUT2D eigenvalue weighted by atomic mass is 10.00. The number of ketones is 1. The lowest BCUT2D eigenvalue weighted by Crippen LogP contribution is -2.15. The largest absolute Gasteiger partial charge is 0.421 e. The van der Waals surface area contributed by atoms with E-state index in [2.05, 4.69) is 12.0 Å². The van der Waals surface area contributed by atoms with Gasteiger partial charge in [0.05, 0.1) is 0 Å². The van der Waals surface area contributed by atoms with Crippen molar-refractivity contribution in [2.24, 2.45) is 0 Å². The van der Waals surface area contributed by atoms with E-state index in [1.54, 1.807) is 19.1 Å². The Morgan fingerprint density at radius 3 is 1.95 bits per heavy atom. The van der Waals surface area contributed by atoms with Crippen molar-refractivity contribution in [2.45, 2.75) is 6.92 Å². The topological polar surface area (TPSA) is 26.3 Å². The van der Waals surface area contributed by atoms with Crippen LogP contribution in [0.1, 0.15) is 22.8 Å². The summed E-state index contributed by atoms with van der Waals surface area (Å²) in [5.41, 5.74) is 1.30. The van der Waals surface area contributed by atoms with Crippen LogP contribution in [0.2, 0.25) is 0 Å². The van der Waals surface area contributed by atoms with Crippen molar-refractivity contribution in [1.29, 1.82) is 0 Å². The molecule has 2 aromatic rings. The fourth-order valence-corrected chi connectivity index (χ4v) is 1.65. The Morgan fingerprint density at radius 1 is 0.895 bits per heavy atom. The van der Waals surface area contributed by atoms with Gasteiger partial charge in [-0.1, -0.05) is 66.6 Å². The Labute approximate surface area is 113 Å². The summed E-state index contributed by atoms with van der Waals surface area (Å²) in [7, 11) is 0. The summed E-state index contributed by atoms with van der Waals surface area (Å²) in [4.78, 5) is 12.4. The molecule has 0 saturated heterocycles. The van der Waals surface area contributed by atoms with E-state index < -0.39 is 0 Å². The van der Waals surface area contributed by atoms with Crippen LogP contribution in [0.4, 0.5) is 0 Å². The van der Waals surface area contributed by atoms with Gasteiger partial charge in [-0.2, -0.15) is 0 Å². The van der Waals surface area contributed by atoms with E-state index in [0.29, 0.717) is 5.56 Å². The highest BCUT2D eigenvalue weighted by Gasteiger charge is 2.25. The predicted octanol–water partition coefficient (Wildman–Crippen LogP) is 3.45. The van der Waals surface area contributed by atoms with Crippen molar-refractivity contribution in [3.05, 3.63) is 77.9 Å². The Balaban J connectivity index is 2.32. The SMILES string of the molecule is CC#CO[C](C(=O)c1ccccc1)c1ccccc1. The molecule has 0 unspecified atom stereocenters. The monoisotopic (exact) mass is 249 g/mol. The maximum absolute atomic E-state index is 12.4. The first kappa shape index (κ1) is 12.9. The molecule has 1 radical (unpaired) electrons.